The number of likely N-dealkylation sites (tertiary alicyclic amines) is 1. The third-order valence-corrected chi connectivity index (χ3v) is 7.86. The largest absolute Gasteiger partial charge is 0.424 e. The first-order valence-electron chi connectivity index (χ1n) is 11.5. The van der Waals surface area contributed by atoms with Crippen molar-refractivity contribution in [2.45, 2.75) is 58.4 Å². The molecule has 0 radical (unpaired) electrons. The molecule has 0 saturated carbocycles. The lowest BCUT2D eigenvalue weighted by molar-refractivity contribution is -0.271. The van der Waals surface area contributed by atoms with Crippen LogP contribution in [0.15, 0.2) is 12.4 Å². The van der Waals surface area contributed by atoms with Crippen molar-refractivity contribution in [2.24, 2.45) is 13.0 Å². The summed E-state index contributed by atoms with van der Waals surface area (Å²) in [7, 11) is 1.44. The number of nitrogens with one attached hydrogen (secondary N) is 1. The normalized spacial score (nSPS) is 17.9. The van der Waals surface area contributed by atoms with Crippen molar-refractivity contribution in [1.82, 2.24) is 24.4 Å². The highest BCUT2D eigenvalue weighted by Gasteiger charge is 2.57. The minimum atomic E-state index is -4.87. The number of hydrogen-bond acceptors (Lipinski definition) is 7. The van der Waals surface area contributed by atoms with Crippen molar-refractivity contribution in [3.05, 3.63) is 34.5 Å². The molecule has 0 aliphatic carbocycles. The Balaban J connectivity index is 1.58. The smallest absolute Gasteiger partial charge is 0.374 e. The van der Waals surface area contributed by atoms with Gasteiger partial charge in [-0.1, -0.05) is 6.92 Å². The molecule has 7 nitrogen and oxygen atoms in total. The van der Waals surface area contributed by atoms with E-state index in [4.69, 9.17) is 9.97 Å². The summed E-state index contributed by atoms with van der Waals surface area (Å²) in [5.74, 6) is 1.44. The Morgan fingerprint density at radius 1 is 1.21 bits per heavy atom. The van der Waals surface area contributed by atoms with E-state index in [0.717, 1.165) is 46.6 Å². The second-order valence-electron chi connectivity index (χ2n) is 9.31. The van der Waals surface area contributed by atoms with E-state index in [1.807, 2.05) is 13.8 Å². The standard InChI is InChI=1S/C23H31F3N6OS/c1-14-5-10-32(11-6-14)13-17-29-19(18-15(2)16(3)34-20(18)30-17)27-8-7-22(33,23(24,25)26)21-28-9-12-31(21)4/h9,12,14,33H,5-8,10-11,13H2,1-4H3,(H,27,29,30)/t22-/m1/s1. The quantitative estimate of drug-likeness (QED) is 0.501. The summed E-state index contributed by atoms with van der Waals surface area (Å²) in [5.41, 5.74) is -2.06. The zero-order valence-corrected chi connectivity index (χ0v) is 20.7. The van der Waals surface area contributed by atoms with Gasteiger partial charge in [-0.25, -0.2) is 15.0 Å². The van der Waals surface area contributed by atoms with Crippen LogP contribution in [0.3, 0.4) is 0 Å². The Kier molecular flexibility index (Phi) is 6.90. The predicted octanol–water partition coefficient (Wildman–Crippen LogP) is 4.53. The summed E-state index contributed by atoms with van der Waals surface area (Å²) in [6, 6.07) is 0. The summed E-state index contributed by atoms with van der Waals surface area (Å²) in [4.78, 5) is 17.5. The number of halogens is 3. The van der Waals surface area contributed by atoms with Crippen molar-refractivity contribution in [2.75, 3.05) is 25.0 Å². The van der Waals surface area contributed by atoms with Crippen LogP contribution in [0, 0.1) is 19.8 Å². The van der Waals surface area contributed by atoms with Gasteiger partial charge >= 0.3 is 6.18 Å². The van der Waals surface area contributed by atoms with E-state index in [0.29, 0.717) is 24.1 Å². The lowest BCUT2D eigenvalue weighted by Crippen LogP contribution is -2.45. The van der Waals surface area contributed by atoms with Gasteiger partial charge in [-0.3, -0.25) is 4.90 Å². The molecule has 0 amide bonds. The van der Waals surface area contributed by atoms with Crippen molar-refractivity contribution in [1.29, 1.82) is 0 Å². The number of aryl methyl sites for hydroxylation is 3. The Morgan fingerprint density at radius 2 is 1.91 bits per heavy atom. The van der Waals surface area contributed by atoms with Gasteiger partial charge in [-0.15, -0.1) is 11.3 Å². The number of aromatic nitrogens is 4. The lowest BCUT2D eigenvalue weighted by atomic mass is 9.97. The highest BCUT2D eigenvalue weighted by molar-refractivity contribution is 7.18. The molecule has 186 valence electrons. The fourth-order valence-electron chi connectivity index (χ4n) is 4.42. The molecule has 0 bridgehead atoms. The number of imidazole rings is 1. The minimum absolute atomic E-state index is 0.135. The molecule has 3 aromatic rings. The molecule has 0 spiro atoms. The second-order valence-corrected chi connectivity index (χ2v) is 10.5. The zero-order chi connectivity index (χ0) is 24.7. The van der Waals surface area contributed by atoms with Crippen LogP contribution in [0.25, 0.3) is 10.2 Å². The van der Waals surface area contributed by atoms with Crippen LogP contribution in [0.5, 0.6) is 0 Å². The molecule has 3 aromatic heterocycles. The van der Waals surface area contributed by atoms with Gasteiger partial charge in [0.1, 0.15) is 22.3 Å². The number of nitrogens with zero attached hydrogens (tertiary/aromatic N) is 5. The van der Waals surface area contributed by atoms with Crippen molar-refractivity contribution >= 4 is 27.4 Å². The van der Waals surface area contributed by atoms with Crippen molar-refractivity contribution in [3.63, 3.8) is 0 Å². The van der Waals surface area contributed by atoms with Gasteiger partial charge in [-0.05, 0) is 51.3 Å². The number of piperidine rings is 1. The predicted molar refractivity (Wildman–Crippen MR) is 127 cm³/mol. The number of thiophene rings is 1. The monoisotopic (exact) mass is 496 g/mol. The van der Waals surface area contributed by atoms with Crippen LogP contribution < -0.4 is 5.32 Å². The van der Waals surface area contributed by atoms with Gasteiger partial charge in [0, 0.05) is 37.3 Å². The van der Waals surface area contributed by atoms with Crippen molar-refractivity contribution < 1.29 is 18.3 Å². The van der Waals surface area contributed by atoms with Crippen LogP contribution in [0.1, 0.15) is 48.3 Å². The van der Waals surface area contributed by atoms with Gasteiger partial charge in [-0.2, -0.15) is 13.2 Å². The minimum Gasteiger partial charge on any atom is -0.374 e. The number of alkyl halides is 3. The number of aliphatic hydroxyl groups is 1. The fourth-order valence-corrected chi connectivity index (χ4v) is 5.47. The Bertz CT molecular complexity index is 1150. The third-order valence-electron chi connectivity index (χ3n) is 6.76. The first-order valence-corrected chi connectivity index (χ1v) is 12.3. The van der Waals surface area contributed by atoms with Crippen LogP contribution in [0.2, 0.25) is 0 Å². The van der Waals surface area contributed by atoms with Crippen LogP contribution in [-0.2, 0) is 19.2 Å². The van der Waals surface area contributed by atoms with Gasteiger partial charge < -0.3 is 15.0 Å². The van der Waals surface area contributed by atoms with Crippen molar-refractivity contribution in [3.8, 4) is 0 Å². The van der Waals surface area contributed by atoms with Crippen LogP contribution >= 0.6 is 11.3 Å². The van der Waals surface area contributed by atoms with Gasteiger partial charge in [0.2, 0.25) is 5.60 Å². The first-order chi connectivity index (χ1) is 16.0. The highest BCUT2D eigenvalue weighted by atomic mass is 32.1. The molecule has 4 heterocycles. The average Bonchev–Trinajstić information content (AvgIpc) is 3.32. The summed E-state index contributed by atoms with van der Waals surface area (Å²) >= 11 is 1.56. The van der Waals surface area contributed by atoms with Gasteiger partial charge in [0.05, 0.1) is 11.9 Å². The van der Waals surface area contributed by atoms with E-state index in [1.54, 1.807) is 11.3 Å². The number of anilines is 1. The summed E-state index contributed by atoms with van der Waals surface area (Å²) in [6.45, 7) is 8.66. The molecule has 0 aromatic carbocycles. The number of fused-ring (bicyclic) bond motifs is 1. The number of hydrogen-bond donors (Lipinski definition) is 2. The van der Waals surface area contributed by atoms with E-state index < -0.39 is 24.0 Å². The van der Waals surface area contributed by atoms with E-state index in [9.17, 15) is 18.3 Å². The molecular formula is C23H31F3N6OS. The number of rotatable bonds is 7. The van der Waals surface area contributed by atoms with Gasteiger partial charge in [0.25, 0.3) is 0 Å². The zero-order valence-electron chi connectivity index (χ0n) is 19.9. The second kappa shape index (κ2) is 9.43. The maximum atomic E-state index is 13.9. The van der Waals surface area contributed by atoms with Gasteiger partial charge in [0.15, 0.2) is 0 Å². The molecule has 1 saturated heterocycles. The lowest BCUT2D eigenvalue weighted by Gasteiger charge is -2.30. The molecule has 34 heavy (non-hydrogen) atoms. The van der Waals surface area contributed by atoms with E-state index in [2.05, 4.69) is 22.1 Å². The van der Waals surface area contributed by atoms with Crippen LogP contribution in [0.4, 0.5) is 19.0 Å². The molecule has 1 atom stereocenters. The maximum Gasteiger partial charge on any atom is 0.424 e. The average molecular weight is 497 g/mol. The summed E-state index contributed by atoms with van der Waals surface area (Å²) in [5, 5.41) is 14.5. The molecule has 1 aliphatic heterocycles. The van der Waals surface area contributed by atoms with Crippen LogP contribution in [-0.4, -0.2) is 55.3 Å². The molecule has 11 heteroatoms. The third kappa shape index (κ3) is 4.78. The first kappa shape index (κ1) is 24.9. The van der Waals surface area contributed by atoms with E-state index >= 15 is 0 Å². The molecule has 1 aliphatic rings. The summed E-state index contributed by atoms with van der Waals surface area (Å²) < 4.78 is 42.9. The summed E-state index contributed by atoms with van der Waals surface area (Å²) in [6.07, 6.45) is -0.576. The topological polar surface area (TPSA) is 79.1 Å². The Labute approximate surface area is 201 Å². The molecule has 4 rings (SSSR count). The molecular weight excluding hydrogens is 465 g/mol. The SMILES string of the molecule is Cc1sc2nc(CN3CCC(C)CC3)nc(NCC[C@@](O)(c3nccn3C)C(F)(F)F)c2c1C. The van der Waals surface area contributed by atoms with E-state index in [-0.39, 0.29) is 6.54 Å². The Morgan fingerprint density at radius 3 is 2.53 bits per heavy atom. The molecule has 2 N–H and O–H groups in total. The fraction of sp³-hybridized carbons (Fsp3) is 0.609. The maximum absolute atomic E-state index is 13.9. The highest BCUT2D eigenvalue weighted by Crippen LogP contribution is 2.41. The Hall–Kier alpha value is -2.24. The van der Waals surface area contributed by atoms with E-state index in [1.165, 1.54) is 24.0 Å². The molecule has 0 unspecified atom stereocenters. The molecule has 1 fully saturated rings.